The van der Waals surface area contributed by atoms with Crippen molar-refractivity contribution in [3.05, 3.63) is 119 Å². The normalized spacial score (nSPS) is 13.0. The molecule has 0 radical (unpaired) electrons. The third-order valence-electron chi connectivity index (χ3n) is 9.17. The van der Waals surface area contributed by atoms with Gasteiger partial charge < -0.3 is 19.1 Å². The number of hydrogen-bond donors (Lipinski definition) is 1. The van der Waals surface area contributed by atoms with Crippen molar-refractivity contribution in [2.75, 3.05) is 6.79 Å². The fraction of sp³-hybridized carbons (Fsp3) is 0.341. The molecule has 0 spiro atoms. The second kappa shape index (κ2) is 14.9. The highest BCUT2D eigenvalue weighted by molar-refractivity contribution is 5.69. The fourth-order valence-electron chi connectivity index (χ4n) is 6.77. The van der Waals surface area contributed by atoms with Gasteiger partial charge in [-0.15, -0.1) is 0 Å². The lowest BCUT2D eigenvalue weighted by atomic mass is 9.97. The van der Waals surface area contributed by atoms with Crippen molar-refractivity contribution in [3.63, 3.8) is 0 Å². The van der Waals surface area contributed by atoms with Crippen LogP contribution in [0.2, 0.25) is 0 Å². The molecule has 6 rings (SSSR count). The molecule has 47 heavy (non-hydrogen) atoms. The minimum Gasteiger partial charge on any atom is -0.507 e. The minimum atomic E-state index is 0.0758. The maximum atomic E-state index is 10.6. The molecule has 2 heterocycles. The van der Waals surface area contributed by atoms with Crippen LogP contribution in [0.3, 0.4) is 0 Å². The van der Waals surface area contributed by atoms with Gasteiger partial charge >= 0.3 is 0 Å². The minimum absolute atomic E-state index is 0.0758. The summed E-state index contributed by atoms with van der Waals surface area (Å²) in [4.78, 5) is 8.09. The van der Waals surface area contributed by atoms with Gasteiger partial charge in [-0.05, 0) is 61.1 Å². The summed E-state index contributed by atoms with van der Waals surface area (Å²) in [5, 5.41) is 10.6. The number of rotatable bonds is 14. The summed E-state index contributed by atoms with van der Waals surface area (Å²) in [6.45, 7) is 11.1. The molecule has 1 N–H and O–H groups in total. The summed E-state index contributed by atoms with van der Waals surface area (Å²) in [5.74, 6) is 2.99. The van der Waals surface area contributed by atoms with E-state index in [1.165, 1.54) is 16.8 Å². The van der Waals surface area contributed by atoms with Crippen molar-refractivity contribution in [2.24, 2.45) is 0 Å². The molecule has 244 valence electrons. The number of nitrogens with zero attached hydrogens (tertiary/aromatic N) is 3. The van der Waals surface area contributed by atoms with Gasteiger partial charge in [-0.25, -0.2) is 4.98 Å². The zero-order chi connectivity index (χ0) is 32.8. The third kappa shape index (κ3) is 7.23. The number of hydrogen-bond acceptors (Lipinski definition) is 5. The molecule has 0 bridgehead atoms. The Balaban J connectivity index is 1.55. The quantitative estimate of drug-likeness (QED) is 0.132. The zero-order valence-corrected chi connectivity index (χ0v) is 28.2. The Labute approximate surface area is 279 Å². The molecule has 0 aliphatic carbocycles. The highest BCUT2D eigenvalue weighted by Gasteiger charge is 2.31. The molecule has 1 aliphatic rings. The van der Waals surface area contributed by atoms with Crippen LogP contribution in [0, 0.1) is 13.8 Å². The van der Waals surface area contributed by atoms with Gasteiger partial charge in [-0.3, -0.25) is 4.90 Å². The number of fused-ring (bicyclic) bond motifs is 1. The molecule has 1 unspecified atom stereocenters. The van der Waals surface area contributed by atoms with Crippen molar-refractivity contribution in [1.29, 1.82) is 0 Å². The number of phenolic OH excluding ortho intramolecular Hbond substituents is 1. The SMILES string of the molecule is CCCCC(c1c(-c2ccccc2)nc(-c2ccccc2)n1CCCC)N(Cc1cc(C)c(O)c(C)c1)Cc1ccc2c(c1)OCO2. The maximum absolute atomic E-state index is 10.6. The van der Waals surface area contributed by atoms with Gasteiger partial charge in [0.1, 0.15) is 11.6 Å². The standard InChI is InChI=1S/C41H47N3O3/c1-5-7-19-35(39-38(33-15-11-9-12-16-33)42-41(44(39)22-8-6-2)34-17-13-10-14-18-34)43(27-32-23-29(3)40(45)30(4)24-32)26-31-20-21-36-37(25-31)47-28-46-36/h9-18,20-21,23-25,35,45H,5-8,19,22,26-28H2,1-4H3. The van der Waals surface area contributed by atoms with Crippen molar-refractivity contribution in [3.8, 4) is 39.9 Å². The molecule has 4 aromatic carbocycles. The molecule has 0 saturated heterocycles. The van der Waals surface area contributed by atoms with E-state index in [9.17, 15) is 5.11 Å². The lowest BCUT2D eigenvalue weighted by Gasteiger charge is -2.34. The number of ether oxygens (including phenoxy) is 2. The molecule has 6 nitrogen and oxygen atoms in total. The lowest BCUT2D eigenvalue weighted by Crippen LogP contribution is -2.30. The number of unbranched alkanes of at least 4 members (excludes halogenated alkanes) is 2. The number of benzene rings is 4. The lowest BCUT2D eigenvalue weighted by molar-refractivity contribution is 0.159. The molecule has 0 amide bonds. The third-order valence-corrected chi connectivity index (χ3v) is 9.17. The summed E-state index contributed by atoms with van der Waals surface area (Å²) >= 11 is 0. The molecule has 6 heteroatoms. The van der Waals surface area contributed by atoms with Crippen LogP contribution in [0.4, 0.5) is 0 Å². The number of aromatic nitrogens is 2. The Kier molecular flexibility index (Phi) is 10.3. The van der Waals surface area contributed by atoms with E-state index in [0.717, 1.165) is 97.0 Å². The fourth-order valence-corrected chi connectivity index (χ4v) is 6.77. The van der Waals surface area contributed by atoms with E-state index in [4.69, 9.17) is 14.5 Å². The monoisotopic (exact) mass is 629 g/mol. The number of imidazole rings is 1. The summed E-state index contributed by atoms with van der Waals surface area (Å²) in [6, 6.07) is 32.0. The van der Waals surface area contributed by atoms with E-state index in [1.807, 2.05) is 19.9 Å². The first-order chi connectivity index (χ1) is 23.0. The van der Waals surface area contributed by atoms with Gasteiger partial charge in [0.2, 0.25) is 6.79 Å². The van der Waals surface area contributed by atoms with Gasteiger partial charge in [-0.1, -0.05) is 112 Å². The Morgan fingerprint density at radius 1 is 0.766 bits per heavy atom. The van der Waals surface area contributed by atoms with E-state index in [2.05, 4.69) is 108 Å². The number of aromatic hydroxyl groups is 1. The topological polar surface area (TPSA) is 59.8 Å². The van der Waals surface area contributed by atoms with E-state index in [0.29, 0.717) is 5.75 Å². The molecule has 5 aromatic rings. The van der Waals surface area contributed by atoms with Crippen molar-refractivity contribution in [1.82, 2.24) is 14.5 Å². The van der Waals surface area contributed by atoms with Crippen LogP contribution >= 0.6 is 0 Å². The predicted octanol–water partition coefficient (Wildman–Crippen LogP) is 10.0. The Bertz CT molecular complexity index is 1760. The van der Waals surface area contributed by atoms with Crippen LogP contribution in [-0.4, -0.2) is 26.4 Å². The van der Waals surface area contributed by atoms with Crippen LogP contribution in [0.25, 0.3) is 22.6 Å². The summed E-state index contributed by atoms with van der Waals surface area (Å²) in [6.07, 6.45) is 5.34. The number of aryl methyl sites for hydroxylation is 2. The van der Waals surface area contributed by atoms with Gasteiger partial charge in [0, 0.05) is 30.8 Å². The van der Waals surface area contributed by atoms with Crippen molar-refractivity contribution < 1.29 is 14.6 Å². The average molecular weight is 630 g/mol. The predicted molar refractivity (Wildman–Crippen MR) is 190 cm³/mol. The average Bonchev–Trinajstić information content (AvgIpc) is 3.72. The summed E-state index contributed by atoms with van der Waals surface area (Å²) in [7, 11) is 0. The molecule has 1 atom stereocenters. The number of phenols is 1. The second-order valence-electron chi connectivity index (χ2n) is 12.7. The second-order valence-corrected chi connectivity index (χ2v) is 12.7. The molecular formula is C41H47N3O3. The largest absolute Gasteiger partial charge is 0.507 e. The van der Waals surface area contributed by atoms with E-state index < -0.39 is 0 Å². The van der Waals surface area contributed by atoms with Gasteiger partial charge in [-0.2, -0.15) is 0 Å². The first-order valence-corrected chi connectivity index (χ1v) is 17.1. The first-order valence-electron chi connectivity index (χ1n) is 17.1. The Hall–Kier alpha value is -4.55. The van der Waals surface area contributed by atoms with Crippen molar-refractivity contribution in [2.45, 2.75) is 85.5 Å². The molecular weight excluding hydrogens is 582 g/mol. The molecule has 0 saturated carbocycles. The highest BCUT2D eigenvalue weighted by atomic mass is 16.7. The van der Waals surface area contributed by atoms with E-state index in [-0.39, 0.29) is 12.8 Å². The van der Waals surface area contributed by atoms with Crippen LogP contribution < -0.4 is 9.47 Å². The van der Waals surface area contributed by atoms with E-state index >= 15 is 0 Å². The van der Waals surface area contributed by atoms with Crippen LogP contribution in [0.5, 0.6) is 17.2 Å². The molecule has 1 aliphatic heterocycles. The maximum Gasteiger partial charge on any atom is 0.231 e. The van der Waals surface area contributed by atoms with Crippen LogP contribution in [0.1, 0.15) is 79.9 Å². The Morgan fingerprint density at radius 3 is 2.09 bits per heavy atom. The Morgan fingerprint density at radius 2 is 1.40 bits per heavy atom. The van der Waals surface area contributed by atoms with Gasteiger partial charge in [0.25, 0.3) is 0 Å². The van der Waals surface area contributed by atoms with Gasteiger partial charge in [0.15, 0.2) is 11.5 Å². The first kappa shape index (κ1) is 32.4. The summed E-state index contributed by atoms with van der Waals surface area (Å²) < 4.78 is 14.0. The molecule has 1 aromatic heterocycles. The van der Waals surface area contributed by atoms with E-state index in [1.54, 1.807) is 0 Å². The van der Waals surface area contributed by atoms with Crippen LogP contribution in [-0.2, 0) is 19.6 Å². The van der Waals surface area contributed by atoms with Crippen LogP contribution in [0.15, 0.2) is 91.0 Å². The zero-order valence-electron chi connectivity index (χ0n) is 28.2. The molecule has 0 fully saturated rings. The van der Waals surface area contributed by atoms with Gasteiger partial charge in [0.05, 0.1) is 17.4 Å². The smallest absolute Gasteiger partial charge is 0.231 e. The summed E-state index contributed by atoms with van der Waals surface area (Å²) in [5.41, 5.74) is 8.75. The van der Waals surface area contributed by atoms with Crippen molar-refractivity contribution >= 4 is 0 Å². The highest BCUT2D eigenvalue weighted by Crippen LogP contribution is 2.41.